The summed E-state index contributed by atoms with van der Waals surface area (Å²) in [6, 6.07) is 18.2. The molecule has 0 N–H and O–H groups in total. The van der Waals surface area contributed by atoms with Crippen molar-refractivity contribution in [3.05, 3.63) is 64.6 Å². The molecule has 2 nitrogen and oxygen atoms in total. The molecule has 0 aliphatic heterocycles. The van der Waals surface area contributed by atoms with Gasteiger partial charge >= 0.3 is 0 Å². The third kappa shape index (κ3) is 5.18. The van der Waals surface area contributed by atoms with Crippen molar-refractivity contribution in [2.24, 2.45) is 0 Å². The van der Waals surface area contributed by atoms with Crippen molar-refractivity contribution >= 4 is 33.6 Å². The van der Waals surface area contributed by atoms with Crippen LogP contribution in [0.5, 0.6) is 0 Å². The molecule has 0 heterocycles. The minimum absolute atomic E-state index is 0.183. The normalized spacial score (nSPS) is 10.5. The first kappa shape index (κ1) is 17.1. The highest BCUT2D eigenvalue weighted by Gasteiger charge is 2.13. The number of halogens is 1. The van der Waals surface area contributed by atoms with E-state index in [1.54, 1.807) is 11.8 Å². The highest BCUT2D eigenvalue weighted by atomic mass is 79.9. The number of thioether (sulfide) groups is 1. The molecule has 0 aliphatic rings. The lowest BCUT2D eigenvalue weighted by Gasteiger charge is -2.21. The van der Waals surface area contributed by atoms with Crippen LogP contribution in [0, 0.1) is 0 Å². The molecule has 2 aromatic carbocycles. The monoisotopic (exact) mass is 377 g/mol. The molecule has 2 aromatic rings. The van der Waals surface area contributed by atoms with Crippen LogP contribution >= 0.6 is 27.7 Å². The summed E-state index contributed by atoms with van der Waals surface area (Å²) in [4.78, 5) is 15.6. The Balaban J connectivity index is 1.85. The van der Waals surface area contributed by atoms with Crippen molar-refractivity contribution in [1.29, 1.82) is 0 Å². The molecular weight excluding hydrogens is 358 g/mol. The number of rotatable bonds is 7. The molecule has 0 saturated heterocycles. The molecule has 2 rings (SSSR count). The fourth-order valence-corrected chi connectivity index (χ4v) is 3.49. The maximum Gasteiger partial charge on any atom is 0.227 e. The van der Waals surface area contributed by atoms with Gasteiger partial charge in [0.1, 0.15) is 0 Å². The van der Waals surface area contributed by atoms with Gasteiger partial charge < -0.3 is 4.90 Å². The van der Waals surface area contributed by atoms with E-state index in [4.69, 9.17) is 0 Å². The molecule has 0 unspecified atom stereocenters. The Morgan fingerprint density at radius 1 is 1.09 bits per heavy atom. The molecule has 0 spiro atoms. The van der Waals surface area contributed by atoms with Crippen molar-refractivity contribution in [3.63, 3.8) is 0 Å². The number of nitrogens with zero attached hydrogens (tertiary/aromatic N) is 1. The minimum Gasteiger partial charge on any atom is -0.342 e. The molecule has 0 bridgehead atoms. The van der Waals surface area contributed by atoms with Gasteiger partial charge in [0.25, 0.3) is 0 Å². The van der Waals surface area contributed by atoms with E-state index >= 15 is 0 Å². The fraction of sp³-hybridized carbons (Fsp3) is 0.278. The summed E-state index contributed by atoms with van der Waals surface area (Å²) < 4.78 is 0.998. The number of amides is 1. The topological polar surface area (TPSA) is 20.3 Å². The van der Waals surface area contributed by atoms with Crippen molar-refractivity contribution in [2.75, 3.05) is 18.8 Å². The number of likely N-dealkylation sites (N-methyl/N-ethyl adjacent to an activating group) is 1. The molecular formula is C18H20BrNOS. The van der Waals surface area contributed by atoms with E-state index in [0.29, 0.717) is 6.42 Å². The van der Waals surface area contributed by atoms with Gasteiger partial charge in [-0.15, -0.1) is 11.8 Å². The first-order chi connectivity index (χ1) is 10.7. The Morgan fingerprint density at radius 3 is 2.45 bits per heavy atom. The average Bonchev–Trinajstić information content (AvgIpc) is 2.54. The Bertz CT molecular complexity index is 603. The second kappa shape index (κ2) is 9.01. The van der Waals surface area contributed by atoms with Crippen molar-refractivity contribution in [2.45, 2.75) is 18.2 Å². The summed E-state index contributed by atoms with van der Waals surface area (Å²) in [6.45, 7) is 3.56. The van der Waals surface area contributed by atoms with Crippen LogP contribution in [-0.2, 0) is 11.2 Å². The number of benzene rings is 2. The maximum absolute atomic E-state index is 12.4. The summed E-state index contributed by atoms with van der Waals surface area (Å²) in [5, 5.41) is 0. The third-order valence-electron chi connectivity index (χ3n) is 3.41. The predicted octanol–water partition coefficient (Wildman–Crippen LogP) is 4.63. The van der Waals surface area contributed by atoms with Gasteiger partial charge in [0.05, 0.1) is 6.42 Å². The van der Waals surface area contributed by atoms with E-state index in [0.717, 1.165) is 28.9 Å². The molecule has 22 heavy (non-hydrogen) atoms. The van der Waals surface area contributed by atoms with Gasteiger partial charge in [-0.2, -0.15) is 0 Å². The van der Waals surface area contributed by atoms with Gasteiger partial charge in [0.2, 0.25) is 5.91 Å². The molecule has 0 aliphatic carbocycles. The number of hydrogen-bond acceptors (Lipinski definition) is 2. The molecule has 116 valence electrons. The van der Waals surface area contributed by atoms with Gasteiger partial charge in [0.15, 0.2) is 0 Å². The highest BCUT2D eigenvalue weighted by Crippen LogP contribution is 2.19. The average molecular weight is 378 g/mol. The molecule has 0 radical (unpaired) electrons. The Labute approximate surface area is 145 Å². The number of carbonyl (C=O) groups excluding carboxylic acids is 1. The molecule has 0 fully saturated rings. The summed E-state index contributed by atoms with van der Waals surface area (Å²) in [5.74, 6) is 1.10. The molecule has 4 heteroatoms. The smallest absolute Gasteiger partial charge is 0.227 e. The zero-order valence-corrected chi connectivity index (χ0v) is 15.1. The standard InChI is InChI=1S/C18H20BrNOS/c1-2-20(12-13-22-16-9-4-3-5-10-16)18(21)14-15-8-6-7-11-17(15)19/h3-11H,2,12-14H2,1H3. The first-order valence-corrected chi connectivity index (χ1v) is 9.17. The zero-order chi connectivity index (χ0) is 15.8. The maximum atomic E-state index is 12.4. The van der Waals surface area contributed by atoms with E-state index in [1.807, 2.05) is 54.3 Å². The van der Waals surface area contributed by atoms with Crippen LogP contribution in [-0.4, -0.2) is 29.6 Å². The van der Waals surface area contributed by atoms with Crippen LogP contribution in [0.4, 0.5) is 0 Å². The SMILES string of the molecule is CCN(CCSc1ccccc1)C(=O)Cc1ccccc1Br. The van der Waals surface area contributed by atoms with Gasteiger partial charge in [-0.3, -0.25) is 4.79 Å². The molecule has 0 aromatic heterocycles. The van der Waals surface area contributed by atoms with E-state index < -0.39 is 0 Å². The zero-order valence-electron chi connectivity index (χ0n) is 12.7. The summed E-state index contributed by atoms with van der Waals surface area (Å²) in [7, 11) is 0. The summed E-state index contributed by atoms with van der Waals surface area (Å²) in [5.41, 5.74) is 1.04. The van der Waals surface area contributed by atoms with Crippen LogP contribution in [0.3, 0.4) is 0 Å². The van der Waals surface area contributed by atoms with Crippen molar-refractivity contribution in [3.8, 4) is 0 Å². The van der Waals surface area contributed by atoms with E-state index in [2.05, 4.69) is 28.1 Å². The number of carbonyl (C=O) groups is 1. The van der Waals surface area contributed by atoms with Crippen LogP contribution in [0.25, 0.3) is 0 Å². The first-order valence-electron chi connectivity index (χ1n) is 7.39. The van der Waals surface area contributed by atoms with Gasteiger partial charge in [-0.1, -0.05) is 52.3 Å². The Kier molecular flexibility index (Phi) is 7.00. The minimum atomic E-state index is 0.183. The van der Waals surface area contributed by atoms with Crippen molar-refractivity contribution in [1.82, 2.24) is 4.90 Å². The molecule has 0 atom stereocenters. The van der Waals surface area contributed by atoms with E-state index in [1.165, 1.54) is 4.90 Å². The summed E-state index contributed by atoms with van der Waals surface area (Å²) >= 11 is 5.29. The lowest BCUT2D eigenvalue weighted by atomic mass is 10.1. The molecule has 1 amide bonds. The largest absolute Gasteiger partial charge is 0.342 e. The fourth-order valence-electron chi connectivity index (χ4n) is 2.17. The lowest BCUT2D eigenvalue weighted by Crippen LogP contribution is -2.34. The Hall–Kier alpha value is -1.26. The van der Waals surface area contributed by atoms with Crippen LogP contribution in [0.15, 0.2) is 64.0 Å². The second-order valence-electron chi connectivity index (χ2n) is 4.90. The molecule has 0 saturated carbocycles. The quantitative estimate of drug-likeness (QED) is 0.655. The van der Waals surface area contributed by atoms with Crippen LogP contribution in [0.1, 0.15) is 12.5 Å². The van der Waals surface area contributed by atoms with Crippen LogP contribution < -0.4 is 0 Å². The van der Waals surface area contributed by atoms with E-state index in [-0.39, 0.29) is 5.91 Å². The summed E-state index contributed by atoms with van der Waals surface area (Å²) in [6.07, 6.45) is 0.450. The Morgan fingerprint density at radius 2 is 1.77 bits per heavy atom. The number of hydrogen-bond donors (Lipinski definition) is 0. The predicted molar refractivity (Wildman–Crippen MR) is 97.3 cm³/mol. The third-order valence-corrected chi connectivity index (χ3v) is 5.17. The van der Waals surface area contributed by atoms with Gasteiger partial charge in [0, 0.05) is 28.2 Å². The second-order valence-corrected chi connectivity index (χ2v) is 6.93. The van der Waals surface area contributed by atoms with Crippen LogP contribution in [0.2, 0.25) is 0 Å². The van der Waals surface area contributed by atoms with Gasteiger partial charge in [-0.25, -0.2) is 0 Å². The van der Waals surface area contributed by atoms with Crippen molar-refractivity contribution < 1.29 is 4.79 Å². The van der Waals surface area contributed by atoms with Gasteiger partial charge in [-0.05, 0) is 30.7 Å². The lowest BCUT2D eigenvalue weighted by molar-refractivity contribution is -0.130. The van der Waals surface area contributed by atoms with E-state index in [9.17, 15) is 4.79 Å². The highest BCUT2D eigenvalue weighted by molar-refractivity contribution is 9.10.